The standard InChI is InChI=1S/C10H7O5S/c11-7-4-6-2-1-3-9(16(13,14)15)10(6)8(12)5-7/h1-4,11-12H,(H,13,14,15). The number of fused-ring (bicyclic) bond motifs is 1. The van der Waals surface area contributed by atoms with E-state index in [1.54, 1.807) is 0 Å². The Bertz CT molecular complexity index is 660. The first-order chi connectivity index (χ1) is 7.39. The molecular weight excluding hydrogens is 232 g/mol. The van der Waals surface area contributed by atoms with E-state index >= 15 is 0 Å². The highest BCUT2D eigenvalue weighted by Crippen LogP contribution is 2.33. The smallest absolute Gasteiger partial charge is 0.295 e. The highest BCUT2D eigenvalue weighted by atomic mass is 32.2. The Labute approximate surface area is 91.3 Å². The SMILES string of the molecule is O=S(=O)(O)c1cccc2cc(O)[c]c(O)c12. The van der Waals surface area contributed by atoms with Gasteiger partial charge >= 0.3 is 0 Å². The molecule has 0 bridgehead atoms. The van der Waals surface area contributed by atoms with Crippen molar-refractivity contribution in [3.8, 4) is 11.5 Å². The van der Waals surface area contributed by atoms with E-state index in [4.69, 9.17) is 4.55 Å². The summed E-state index contributed by atoms with van der Waals surface area (Å²) in [5.74, 6) is -0.833. The summed E-state index contributed by atoms with van der Waals surface area (Å²) in [6, 6.07) is 7.45. The van der Waals surface area contributed by atoms with Crippen LogP contribution in [-0.4, -0.2) is 23.2 Å². The third kappa shape index (κ3) is 1.68. The molecule has 0 spiro atoms. The zero-order chi connectivity index (χ0) is 11.9. The molecule has 0 atom stereocenters. The average molecular weight is 239 g/mol. The summed E-state index contributed by atoms with van der Waals surface area (Å²) >= 11 is 0. The Kier molecular flexibility index (Phi) is 2.25. The Morgan fingerprint density at radius 3 is 2.50 bits per heavy atom. The fourth-order valence-corrected chi connectivity index (χ4v) is 2.23. The van der Waals surface area contributed by atoms with Crippen molar-refractivity contribution in [2.45, 2.75) is 4.90 Å². The number of hydrogen-bond donors (Lipinski definition) is 3. The number of rotatable bonds is 1. The summed E-state index contributed by atoms with van der Waals surface area (Å²) in [6.45, 7) is 0. The van der Waals surface area contributed by atoms with E-state index in [0.717, 1.165) is 6.07 Å². The minimum Gasteiger partial charge on any atom is -0.507 e. The van der Waals surface area contributed by atoms with E-state index in [9.17, 15) is 18.6 Å². The van der Waals surface area contributed by atoms with E-state index < -0.39 is 20.8 Å². The zero-order valence-corrected chi connectivity index (χ0v) is 8.69. The van der Waals surface area contributed by atoms with Gasteiger partial charge in [-0.25, -0.2) is 0 Å². The lowest BCUT2D eigenvalue weighted by Crippen LogP contribution is -1.98. The monoisotopic (exact) mass is 239 g/mol. The first-order valence-corrected chi connectivity index (χ1v) is 5.68. The number of benzene rings is 2. The van der Waals surface area contributed by atoms with Crippen molar-refractivity contribution in [3.63, 3.8) is 0 Å². The summed E-state index contributed by atoms with van der Waals surface area (Å²) in [4.78, 5) is -0.418. The fraction of sp³-hybridized carbons (Fsp3) is 0. The molecule has 0 aliphatic carbocycles. The van der Waals surface area contributed by atoms with Crippen molar-refractivity contribution in [1.82, 2.24) is 0 Å². The van der Waals surface area contributed by atoms with E-state index in [1.165, 1.54) is 18.2 Å². The topological polar surface area (TPSA) is 94.8 Å². The van der Waals surface area contributed by atoms with Crippen LogP contribution in [0.5, 0.6) is 11.5 Å². The molecule has 2 aromatic rings. The first kappa shape index (κ1) is 10.7. The summed E-state index contributed by atoms with van der Waals surface area (Å²) < 4.78 is 31.1. The van der Waals surface area contributed by atoms with Crippen molar-refractivity contribution in [2.24, 2.45) is 0 Å². The second-order valence-corrected chi connectivity index (χ2v) is 4.59. The first-order valence-electron chi connectivity index (χ1n) is 4.24. The molecule has 3 N–H and O–H groups in total. The normalized spacial score (nSPS) is 11.8. The fourth-order valence-electron chi connectivity index (χ4n) is 1.50. The van der Waals surface area contributed by atoms with Gasteiger partial charge in [0.15, 0.2) is 0 Å². The van der Waals surface area contributed by atoms with Crippen LogP contribution in [0, 0.1) is 6.07 Å². The molecule has 0 saturated carbocycles. The second-order valence-electron chi connectivity index (χ2n) is 3.20. The highest BCUT2D eigenvalue weighted by molar-refractivity contribution is 7.86. The van der Waals surface area contributed by atoms with E-state index in [2.05, 4.69) is 6.07 Å². The molecule has 16 heavy (non-hydrogen) atoms. The van der Waals surface area contributed by atoms with E-state index in [1.807, 2.05) is 0 Å². The van der Waals surface area contributed by atoms with Crippen LogP contribution >= 0.6 is 0 Å². The average Bonchev–Trinajstić information content (AvgIpc) is 2.14. The Morgan fingerprint density at radius 1 is 1.19 bits per heavy atom. The van der Waals surface area contributed by atoms with Crippen LogP contribution in [0.15, 0.2) is 29.2 Å². The third-order valence-corrected chi connectivity index (χ3v) is 3.01. The molecule has 0 amide bonds. The minimum absolute atomic E-state index is 0.0669. The molecule has 0 saturated heterocycles. The largest absolute Gasteiger partial charge is 0.507 e. The van der Waals surface area contributed by atoms with E-state index in [0.29, 0.717) is 5.39 Å². The van der Waals surface area contributed by atoms with Gasteiger partial charge in [-0.05, 0) is 17.5 Å². The van der Waals surface area contributed by atoms with Gasteiger partial charge in [-0.2, -0.15) is 8.42 Å². The molecule has 0 heterocycles. The second kappa shape index (κ2) is 3.36. The maximum absolute atomic E-state index is 11.1. The lowest BCUT2D eigenvalue weighted by Gasteiger charge is -2.05. The van der Waals surface area contributed by atoms with Gasteiger partial charge < -0.3 is 10.2 Å². The predicted octanol–water partition coefficient (Wildman–Crippen LogP) is 1.30. The van der Waals surface area contributed by atoms with E-state index in [-0.39, 0.29) is 11.1 Å². The molecule has 0 unspecified atom stereocenters. The molecule has 2 rings (SSSR count). The van der Waals surface area contributed by atoms with Crippen molar-refractivity contribution >= 4 is 20.9 Å². The Morgan fingerprint density at radius 2 is 1.88 bits per heavy atom. The Balaban J connectivity index is 2.99. The summed E-state index contributed by atoms with van der Waals surface area (Å²) in [6.07, 6.45) is 0. The van der Waals surface area contributed by atoms with Crippen LogP contribution in [0.25, 0.3) is 10.8 Å². The van der Waals surface area contributed by atoms with Crippen LogP contribution in [0.3, 0.4) is 0 Å². The van der Waals surface area contributed by atoms with Crippen molar-refractivity contribution in [3.05, 3.63) is 30.3 Å². The zero-order valence-electron chi connectivity index (χ0n) is 7.88. The number of aromatic hydroxyl groups is 2. The maximum Gasteiger partial charge on any atom is 0.295 e. The molecule has 5 nitrogen and oxygen atoms in total. The lowest BCUT2D eigenvalue weighted by atomic mass is 10.1. The van der Waals surface area contributed by atoms with Gasteiger partial charge in [0.1, 0.15) is 16.4 Å². The molecule has 83 valence electrons. The highest BCUT2D eigenvalue weighted by Gasteiger charge is 2.17. The van der Waals surface area contributed by atoms with Crippen molar-refractivity contribution in [1.29, 1.82) is 0 Å². The van der Waals surface area contributed by atoms with Crippen LogP contribution in [0.4, 0.5) is 0 Å². The van der Waals surface area contributed by atoms with Gasteiger partial charge in [-0.1, -0.05) is 12.1 Å². The summed E-state index contributed by atoms with van der Waals surface area (Å²) in [5, 5.41) is 18.9. The molecule has 0 aromatic heterocycles. The molecule has 0 aliphatic rings. The number of hydrogen-bond acceptors (Lipinski definition) is 4. The van der Waals surface area contributed by atoms with Gasteiger partial charge in [0, 0.05) is 5.39 Å². The molecule has 0 aliphatic heterocycles. The quantitative estimate of drug-likeness (QED) is 0.652. The lowest BCUT2D eigenvalue weighted by molar-refractivity contribution is 0.451. The third-order valence-electron chi connectivity index (χ3n) is 2.11. The predicted molar refractivity (Wildman–Crippen MR) is 55.9 cm³/mol. The molecule has 6 heteroatoms. The molecule has 2 aromatic carbocycles. The molecule has 0 fully saturated rings. The molecular formula is C10H7O5S. The summed E-state index contributed by atoms with van der Waals surface area (Å²) in [7, 11) is -4.43. The van der Waals surface area contributed by atoms with Crippen molar-refractivity contribution < 1.29 is 23.2 Å². The minimum atomic E-state index is -4.43. The van der Waals surface area contributed by atoms with Gasteiger partial charge in [0.2, 0.25) is 0 Å². The van der Waals surface area contributed by atoms with Crippen molar-refractivity contribution in [2.75, 3.05) is 0 Å². The van der Waals surface area contributed by atoms with Gasteiger partial charge in [-0.3, -0.25) is 4.55 Å². The Hall–Kier alpha value is -1.79. The van der Waals surface area contributed by atoms with Crippen LogP contribution in [-0.2, 0) is 10.1 Å². The maximum atomic E-state index is 11.1. The molecule has 1 radical (unpaired) electrons. The number of phenols is 2. The number of phenolic OH excluding ortho intramolecular Hbond substituents is 2. The van der Waals surface area contributed by atoms with Crippen LogP contribution in [0.1, 0.15) is 0 Å². The summed E-state index contributed by atoms with van der Waals surface area (Å²) in [5.41, 5.74) is 0. The van der Waals surface area contributed by atoms with Gasteiger partial charge in [0.05, 0.1) is 6.07 Å². The van der Waals surface area contributed by atoms with Crippen LogP contribution < -0.4 is 0 Å². The van der Waals surface area contributed by atoms with Crippen LogP contribution in [0.2, 0.25) is 0 Å². The van der Waals surface area contributed by atoms with Gasteiger partial charge in [0.25, 0.3) is 10.1 Å². The van der Waals surface area contributed by atoms with Gasteiger partial charge in [-0.15, -0.1) is 0 Å².